The van der Waals surface area contributed by atoms with Crippen molar-refractivity contribution in [2.45, 2.75) is 25.8 Å². The minimum atomic E-state index is 0.800. The fourth-order valence-corrected chi connectivity index (χ4v) is 1.78. The fraction of sp³-hybridized carbons (Fsp3) is 0.889. The van der Waals surface area contributed by atoms with E-state index in [9.17, 15) is 0 Å². The quantitative estimate of drug-likeness (QED) is 0.605. The van der Waals surface area contributed by atoms with Crippen LogP contribution in [0.5, 0.6) is 0 Å². The predicted molar refractivity (Wildman–Crippen MR) is 50.3 cm³/mol. The molecule has 0 radical (unpaired) electrons. The summed E-state index contributed by atoms with van der Waals surface area (Å²) < 4.78 is 0. The van der Waals surface area contributed by atoms with Gasteiger partial charge in [0, 0.05) is 26.2 Å². The average molecular weight is 167 g/mol. The van der Waals surface area contributed by atoms with Gasteiger partial charge in [-0.05, 0) is 19.8 Å². The topological polar surface area (TPSA) is 18.8 Å². The van der Waals surface area contributed by atoms with E-state index in [1.807, 2.05) is 0 Å². The number of rotatable bonds is 2. The molecule has 0 N–H and O–H groups in total. The van der Waals surface area contributed by atoms with Gasteiger partial charge in [0.25, 0.3) is 0 Å². The van der Waals surface area contributed by atoms with Crippen molar-refractivity contribution in [1.82, 2.24) is 9.80 Å². The standard InChI is InChI=1S/C9H17N3/c1-3-12(8-4-5-8)9-10-6-7-11(9)2/h8H,3-7H2,1-2H3. The Morgan fingerprint density at radius 3 is 2.75 bits per heavy atom. The van der Waals surface area contributed by atoms with Gasteiger partial charge in [-0.15, -0.1) is 0 Å². The predicted octanol–water partition coefficient (Wildman–Crippen LogP) is 0.772. The molecule has 0 aromatic carbocycles. The van der Waals surface area contributed by atoms with Gasteiger partial charge in [-0.25, -0.2) is 0 Å². The summed E-state index contributed by atoms with van der Waals surface area (Å²) in [5.41, 5.74) is 0. The lowest BCUT2D eigenvalue weighted by molar-refractivity contribution is 0.370. The zero-order chi connectivity index (χ0) is 8.55. The molecule has 1 aliphatic heterocycles. The number of hydrogen-bond donors (Lipinski definition) is 0. The lowest BCUT2D eigenvalue weighted by atomic mass is 10.5. The van der Waals surface area contributed by atoms with Crippen molar-refractivity contribution in [3.63, 3.8) is 0 Å². The zero-order valence-electron chi connectivity index (χ0n) is 7.95. The van der Waals surface area contributed by atoms with E-state index in [4.69, 9.17) is 0 Å². The summed E-state index contributed by atoms with van der Waals surface area (Å²) >= 11 is 0. The molecule has 0 atom stereocenters. The zero-order valence-corrected chi connectivity index (χ0v) is 7.95. The molecule has 0 bridgehead atoms. The molecule has 1 saturated carbocycles. The number of aliphatic imine (C=N–C) groups is 1. The first kappa shape index (κ1) is 7.90. The summed E-state index contributed by atoms with van der Waals surface area (Å²) in [5.74, 6) is 1.22. The van der Waals surface area contributed by atoms with E-state index < -0.39 is 0 Å². The largest absolute Gasteiger partial charge is 0.344 e. The van der Waals surface area contributed by atoms with Crippen molar-refractivity contribution >= 4 is 5.96 Å². The van der Waals surface area contributed by atoms with Gasteiger partial charge in [-0.3, -0.25) is 4.99 Å². The Labute approximate surface area is 74.1 Å². The number of guanidine groups is 1. The number of nitrogens with zero attached hydrogens (tertiary/aromatic N) is 3. The molecule has 0 saturated heterocycles. The Morgan fingerprint density at radius 2 is 2.33 bits per heavy atom. The highest BCUT2D eigenvalue weighted by atomic mass is 15.4. The van der Waals surface area contributed by atoms with Gasteiger partial charge in [0.15, 0.2) is 5.96 Å². The molecule has 2 rings (SSSR count). The van der Waals surface area contributed by atoms with Crippen LogP contribution in [0.4, 0.5) is 0 Å². The Morgan fingerprint density at radius 1 is 1.58 bits per heavy atom. The van der Waals surface area contributed by atoms with Crippen LogP contribution in [-0.4, -0.2) is 48.5 Å². The van der Waals surface area contributed by atoms with Crippen LogP contribution in [-0.2, 0) is 0 Å². The summed E-state index contributed by atoms with van der Waals surface area (Å²) in [6.45, 7) is 5.40. The van der Waals surface area contributed by atoms with Gasteiger partial charge in [-0.1, -0.05) is 0 Å². The van der Waals surface area contributed by atoms with Crippen molar-refractivity contribution in [2.24, 2.45) is 4.99 Å². The van der Waals surface area contributed by atoms with Gasteiger partial charge in [0.05, 0.1) is 6.54 Å². The van der Waals surface area contributed by atoms with Crippen LogP contribution in [0, 0.1) is 0 Å². The Kier molecular flexibility index (Phi) is 1.95. The first-order chi connectivity index (χ1) is 5.83. The molecule has 3 heteroatoms. The van der Waals surface area contributed by atoms with E-state index in [2.05, 4.69) is 28.8 Å². The highest BCUT2D eigenvalue weighted by molar-refractivity contribution is 5.81. The molecule has 12 heavy (non-hydrogen) atoms. The van der Waals surface area contributed by atoms with E-state index >= 15 is 0 Å². The van der Waals surface area contributed by atoms with Crippen LogP contribution in [0.2, 0.25) is 0 Å². The second kappa shape index (κ2) is 2.96. The minimum absolute atomic E-state index is 0.800. The Balaban J connectivity index is 2.04. The van der Waals surface area contributed by atoms with E-state index in [0.717, 1.165) is 25.7 Å². The van der Waals surface area contributed by atoms with Crippen LogP contribution in [0.15, 0.2) is 4.99 Å². The number of likely N-dealkylation sites (N-methyl/N-ethyl adjacent to an activating group) is 1. The van der Waals surface area contributed by atoms with Gasteiger partial charge < -0.3 is 9.80 Å². The van der Waals surface area contributed by atoms with Gasteiger partial charge >= 0.3 is 0 Å². The van der Waals surface area contributed by atoms with Gasteiger partial charge in [-0.2, -0.15) is 0 Å². The maximum Gasteiger partial charge on any atom is 0.196 e. The first-order valence-corrected chi connectivity index (χ1v) is 4.85. The summed E-state index contributed by atoms with van der Waals surface area (Å²) in [4.78, 5) is 9.22. The van der Waals surface area contributed by atoms with Crippen LogP contribution in [0.3, 0.4) is 0 Å². The number of hydrogen-bond acceptors (Lipinski definition) is 3. The second-order valence-corrected chi connectivity index (χ2v) is 3.62. The average Bonchev–Trinajstić information content (AvgIpc) is 2.80. The summed E-state index contributed by atoms with van der Waals surface area (Å²) in [7, 11) is 2.14. The molecule has 1 fully saturated rings. The third-order valence-corrected chi connectivity index (χ3v) is 2.62. The molecule has 0 spiro atoms. The van der Waals surface area contributed by atoms with Crippen LogP contribution in [0.1, 0.15) is 19.8 Å². The molecule has 0 amide bonds. The first-order valence-electron chi connectivity index (χ1n) is 4.85. The maximum absolute atomic E-state index is 4.52. The molecule has 0 unspecified atom stereocenters. The smallest absolute Gasteiger partial charge is 0.196 e. The second-order valence-electron chi connectivity index (χ2n) is 3.62. The van der Waals surface area contributed by atoms with Crippen molar-refractivity contribution in [2.75, 3.05) is 26.7 Å². The van der Waals surface area contributed by atoms with Crippen LogP contribution < -0.4 is 0 Å². The highest BCUT2D eigenvalue weighted by Crippen LogP contribution is 2.27. The summed E-state index contributed by atoms with van der Waals surface area (Å²) in [6.07, 6.45) is 2.72. The highest BCUT2D eigenvalue weighted by Gasteiger charge is 2.32. The fourth-order valence-electron chi connectivity index (χ4n) is 1.78. The Hall–Kier alpha value is -0.730. The van der Waals surface area contributed by atoms with E-state index in [-0.39, 0.29) is 0 Å². The third kappa shape index (κ3) is 1.28. The van der Waals surface area contributed by atoms with E-state index in [0.29, 0.717) is 0 Å². The summed E-state index contributed by atoms with van der Waals surface area (Å²) in [6, 6.07) is 0.800. The molecule has 0 aromatic rings. The van der Waals surface area contributed by atoms with Crippen molar-refractivity contribution in [3.8, 4) is 0 Å². The normalized spacial score (nSPS) is 22.8. The monoisotopic (exact) mass is 167 g/mol. The van der Waals surface area contributed by atoms with E-state index in [1.54, 1.807) is 0 Å². The van der Waals surface area contributed by atoms with Crippen molar-refractivity contribution in [3.05, 3.63) is 0 Å². The van der Waals surface area contributed by atoms with Crippen LogP contribution in [0.25, 0.3) is 0 Å². The molecule has 68 valence electrons. The van der Waals surface area contributed by atoms with Crippen LogP contribution >= 0.6 is 0 Å². The third-order valence-electron chi connectivity index (χ3n) is 2.62. The molecule has 0 aromatic heterocycles. The molecule has 3 nitrogen and oxygen atoms in total. The summed E-state index contributed by atoms with van der Waals surface area (Å²) in [5, 5.41) is 0. The molecule has 1 heterocycles. The van der Waals surface area contributed by atoms with E-state index in [1.165, 1.54) is 18.8 Å². The lowest BCUT2D eigenvalue weighted by Crippen LogP contribution is -2.41. The van der Waals surface area contributed by atoms with Crippen molar-refractivity contribution < 1.29 is 0 Å². The lowest BCUT2D eigenvalue weighted by Gasteiger charge is -2.27. The minimum Gasteiger partial charge on any atom is -0.344 e. The Bertz CT molecular complexity index is 196. The molecule has 2 aliphatic rings. The molecular formula is C9H17N3. The maximum atomic E-state index is 4.52. The van der Waals surface area contributed by atoms with Crippen molar-refractivity contribution in [1.29, 1.82) is 0 Å². The van der Waals surface area contributed by atoms with Gasteiger partial charge in [0.2, 0.25) is 0 Å². The molecule has 1 aliphatic carbocycles. The molecular weight excluding hydrogens is 150 g/mol. The SMILES string of the molecule is CCN(C1=NCCN1C)C1CC1. The van der Waals surface area contributed by atoms with Gasteiger partial charge in [0.1, 0.15) is 0 Å².